The molecule has 0 spiro atoms. The zero-order chi connectivity index (χ0) is 25.7. The Morgan fingerprint density at radius 1 is 0.848 bits per heavy atom. The first-order valence-corrected chi connectivity index (χ1v) is 10.9. The molecule has 2 nitrogen and oxygen atoms in total. The average molecular weight is 463 g/mol. The minimum absolute atomic E-state index is 0.0980. The lowest BCUT2D eigenvalue weighted by Crippen LogP contribution is -2.16. The van der Waals surface area contributed by atoms with E-state index in [1.165, 1.54) is 18.2 Å². The smallest absolute Gasteiger partial charge is 0.200 e. The second-order valence-electron chi connectivity index (χ2n) is 7.79. The van der Waals surface area contributed by atoms with Crippen LogP contribution in [0.5, 0.6) is 0 Å². The van der Waals surface area contributed by atoms with Gasteiger partial charge in [-0.2, -0.15) is 4.39 Å². The van der Waals surface area contributed by atoms with Gasteiger partial charge >= 0.3 is 0 Å². The van der Waals surface area contributed by atoms with E-state index in [0.29, 0.717) is 24.5 Å². The first kappa shape index (κ1) is 30.2. The number of allylic oxidation sites excluding steroid dienone is 9. The van der Waals surface area contributed by atoms with Gasteiger partial charge < -0.3 is 9.47 Å². The van der Waals surface area contributed by atoms with Gasteiger partial charge in [0, 0.05) is 17.8 Å². The molecule has 0 saturated carbocycles. The summed E-state index contributed by atoms with van der Waals surface area (Å²) in [6.07, 6.45) is 5.14. The number of ether oxygens (including phenoxy) is 2. The van der Waals surface area contributed by atoms with Gasteiger partial charge in [-0.3, -0.25) is 0 Å². The molecule has 0 rings (SSSR count). The maximum absolute atomic E-state index is 14.6. The van der Waals surface area contributed by atoms with Gasteiger partial charge in [0.15, 0.2) is 11.6 Å². The molecule has 33 heavy (non-hydrogen) atoms. The highest BCUT2D eigenvalue weighted by molar-refractivity contribution is 5.52. The quantitative estimate of drug-likeness (QED) is 0.169. The molecule has 0 fully saturated rings. The van der Waals surface area contributed by atoms with E-state index in [-0.39, 0.29) is 28.9 Å². The van der Waals surface area contributed by atoms with Crippen LogP contribution in [0.2, 0.25) is 0 Å². The highest BCUT2D eigenvalue weighted by Crippen LogP contribution is 2.27. The number of halogens is 3. The molecule has 0 aromatic heterocycles. The van der Waals surface area contributed by atoms with Crippen molar-refractivity contribution >= 4 is 0 Å². The van der Waals surface area contributed by atoms with E-state index in [4.69, 9.17) is 9.47 Å². The van der Waals surface area contributed by atoms with E-state index < -0.39 is 29.3 Å². The Kier molecular flexibility index (Phi) is 13.8. The zero-order valence-corrected chi connectivity index (χ0v) is 20.4. The van der Waals surface area contributed by atoms with Crippen molar-refractivity contribution < 1.29 is 22.6 Å². The van der Waals surface area contributed by atoms with Crippen LogP contribution in [0.25, 0.3) is 0 Å². The summed E-state index contributed by atoms with van der Waals surface area (Å²) in [5.74, 6) is -3.07. The second kappa shape index (κ2) is 15.1. The van der Waals surface area contributed by atoms with Crippen molar-refractivity contribution in [3.05, 3.63) is 109 Å². The van der Waals surface area contributed by atoms with Crippen LogP contribution in [0.1, 0.15) is 40.5 Å². The second-order valence-corrected chi connectivity index (χ2v) is 7.79. The standard InChI is InChI=1S/C28H37F3O2/c1-11-15-32-25(10)28(31)27(30)22(7)20(5)14-13-19(4)21(6)16-26(29)23(8)24(9)33-17-18(3)12-2/h13-14,16,18,24H,4-8,10-12,15,17H2,1-3,9H3/b14-13-,26-16+,28-27-. The molecule has 2 unspecified atom stereocenters. The molecule has 0 N–H and O–H groups in total. The minimum Gasteiger partial charge on any atom is -0.491 e. The molecule has 0 saturated heterocycles. The van der Waals surface area contributed by atoms with Crippen LogP contribution >= 0.6 is 0 Å². The van der Waals surface area contributed by atoms with Gasteiger partial charge in [-0.05, 0) is 42.1 Å². The summed E-state index contributed by atoms with van der Waals surface area (Å²) in [6, 6.07) is 0. The summed E-state index contributed by atoms with van der Waals surface area (Å²) in [4.78, 5) is 0. The van der Waals surface area contributed by atoms with Crippen LogP contribution < -0.4 is 0 Å². The molecule has 0 heterocycles. The van der Waals surface area contributed by atoms with E-state index in [1.807, 2.05) is 6.92 Å². The molecule has 0 aromatic carbocycles. The number of rotatable bonds is 16. The van der Waals surface area contributed by atoms with Crippen molar-refractivity contribution in [1.29, 1.82) is 0 Å². The molecular weight excluding hydrogens is 425 g/mol. The van der Waals surface area contributed by atoms with Gasteiger partial charge in [0.25, 0.3) is 0 Å². The Balaban J connectivity index is 5.12. The molecule has 0 bridgehead atoms. The Morgan fingerprint density at radius 2 is 1.42 bits per heavy atom. The molecule has 0 aliphatic rings. The van der Waals surface area contributed by atoms with E-state index >= 15 is 0 Å². The van der Waals surface area contributed by atoms with E-state index in [1.54, 1.807) is 6.92 Å². The van der Waals surface area contributed by atoms with E-state index in [2.05, 4.69) is 53.3 Å². The van der Waals surface area contributed by atoms with Gasteiger partial charge in [-0.1, -0.05) is 78.8 Å². The highest BCUT2D eigenvalue weighted by atomic mass is 19.2. The molecule has 0 aliphatic heterocycles. The Hall–Kier alpha value is -2.79. The third-order valence-electron chi connectivity index (χ3n) is 4.89. The largest absolute Gasteiger partial charge is 0.491 e. The lowest BCUT2D eigenvalue weighted by Gasteiger charge is -2.17. The normalized spacial score (nSPS) is 14.3. The Bertz CT molecular complexity index is 872. The van der Waals surface area contributed by atoms with E-state index in [9.17, 15) is 13.2 Å². The summed E-state index contributed by atoms with van der Waals surface area (Å²) < 4.78 is 53.6. The predicted molar refractivity (Wildman–Crippen MR) is 134 cm³/mol. The molecule has 0 aliphatic carbocycles. The minimum atomic E-state index is -1.24. The first-order valence-electron chi connectivity index (χ1n) is 10.9. The van der Waals surface area contributed by atoms with Gasteiger partial charge in [-0.15, -0.1) is 0 Å². The molecule has 0 radical (unpaired) electrons. The molecule has 5 heteroatoms. The van der Waals surface area contributed by atoms with Crippen LogP contribution in [0.3, 0.4) is 0 Å². The van der Waals surface area contributed by atoms with E-state index in [0.717, 1.165) is 6.42 Å². The maximum atomic E-state index is 14.6. The molecule has 2 atom stereocenters. The lowest BCUT2D eigenvalue weighted by molar-refractivity contribution is 0.0642. The first-order chi connectivity index (χ1) is 15.4. The monoisotopic (exact) mass is 462 g/mol. The number of hydrogen-bond acceptors (Lipinski definition) is 2. The Labute approximate surface area is 197 Å². The van der Waals surface area contributed by atoms with Crippen LogP contribution in [0, 0.1) is 5.92 Å². The molecule has 0 aromatic rings. The van der Waals surface area contributed by atoms with Crippen molar-refractivity contribution in [3.63, 3.8) is 0 Å². The zero-order valence-electron chi connectivity index (χ0n) is 20.4. The fourth-order valence-corrected chi connectivity index (χ4v) is 2.15. The fourth-order valence-electron chi connectivity index (χ4n) is 2.15. The topological polar surface area (TPSA) is 18.5 Å². The van der Waals surface area contributed by atoms with Crippen LogP contribution in [-0.4, -0.2) is 19.3 Å². The summed E-state index contributed by atoms with van der Waals surface area (Å²) in [5, 5.41) is 0. The van der Waals surface area contributed by atoms with Crippen molar-refractivity contribution in [2.24, 2.45) is 5.92 Å². The summed E-state index contributed by atoms with van der Waals surface area (Å²) >= 11 is 0. The third kappa shape index (κ3) is 10.6. The predicted octanol–water partition coefficient (Wildman–Crippen LogP) is 8.72. The van der Waals surface area contributed by atoms with Crippen molar-refractivity contribution in [2.45, 2.75) is 46.6 Å². The van der Waals surface area contributed by atoms with Crippen molar-refractivity contribution in [3.8, 4) is 0 Å². The molecule has 182 valence electrons. The summed E-state index contributed by atoms with van der Waals surface area (Å²) in [7, 11) is 0. The fraction of sp³-hybridized carbons (Fsp3) is 0.357. The van der Waals surface area contributed by atoms with Gasteiger partial charge in [0.1, 0.15) is 5.83 Å². The lowest BCUT2D eigenvalue weighted by atomic mass is 10.0. The Morgan fingerprint density at radius 3 is 1.97 bits per heavy atom. The van der Waals surface area contributed by atoms with Crippen molar-refractivity contribution in [2.75, 3.05) is 13.2 Å². The highest BCUT2D eigenvalue weighted by Gasteiger charge is 2.16. The SMILES string of the molecule is C=C(/C=C\C(=C)C(=C)/C(F)=C(/F)C(=C)OCCC)C(=C)/C=C(/F)C(=C)C(C)OCC(C)CC. The summed E-state index contributed by atoms with van der Waals surface area (Å²) in [6.45, 7) is 30.3. The average Bonchev–Trinajstić information content (AvgIpc) is 2.81. The van der Waals surface area contributed by atoms with Crippen LogP contribution in [-0.2, 0) is 9.47 Å². The van der Waals surface area contributed by atoms with Crippen molar-refractivity contribution in [1.82, 2.24) is 0 Å². The third-order valence-corrected chi connectivity index (χ3v) is 4.89. The molecule has 0 amide bonds. The van der Waals surface area contributed by atoms with Gasteiger partial charge in [-0.25, -0.2) is 8.78 Å². The maximum Gasteiger partial charge on any atom is 0.200 e. The molecular formula is C28H37F3O2. The van der Waals surface area contributed by atoms with Gasteiger partial charge in [0.2, 0.25) is 5.83 Å². The van der Waals surface area contributed by atoms with Crippen LogP contribution in [0.4, 0.5) is 13.2 Å². The van der Waals surface area contributed by atoms with Crippen LogP contribution in [0.15, 0.2) is 109 Å². The number of hydrogen-bond donors (Lipinski definition) is 0. The van der Waals surface area contributed by atoms with Gasteiger partial charge in [0.05, 0.1) is 12.7 Å². The summed E-state index contributed by atoms with van der Waals surface area (Å²) in [5.41, 5.74) is 0.649.